The van der Waals surface area contributed by atoms with Crippen LogP contribution in [0.15, 0.2) is 0 Å². The molecule has 0 aliphatic rings. The van der Waals surface area contributed by atoms with Crippen LogP contribution in [0.3, 0.4) is 0 Å². The third-order valence-corrected chi connectivity index (χ3v) is 27.0. The van der Waals surface area contributed by atoms with Gasteiger partial charge in [0.2, 0.25) is 0 Å². The minimum Gasteiger partial charge on any atom is -0.246 e. The molecular weight excluding hydrogens is 485 g/mol. The molecule has 3 rings (SSSR count). The summed E-state index contributed by atoms with van der Waals surface area (Å²) >= 11 is 4.05. The average Bonchev–Trinajstić information content (AvgIpc) is 3.30. The first-order valence-corrected chi connectivity index (χ1v) is 19.5. The Labute approximate surface area is 219 Å². The van der Waals surface area contributed by atoms with E-state index in [-0.39, 0.29) is 0 Å². The Balaban J connectivity index is 2.44. The van der Waals surface area contributed by atoms with E-state index >= 15 is 0 Å². The van der Waals surface area contributed by atoms with Crippen molar-refractivity contribution in [1.82, 2.24) is 9.97 Å². The largest absolute Gasteiger partial charge is 0.246 e. The Morgan fingerprint density at radius 1 is 0.471 bits per heavy atom. The Bertz CT molecular complexity index is 1030. The first-order chi connectivity index (χ1) is 15.7. The van der Waals surface area contributed by atoms with Gasteiger partial charge in [-0.25, -0.2) is 9.97 Å². The number of hydrogen-bond acceptors (Lipinski definition) is 4. The molecule has 0 aliphatic heterocycles. The summed E-state index contributed by atoms with van der Waals surface area (Å²) in [7, 11) is -3.60. The molecule has 2 nitrogen and oxygen atoms in total. The Morgan fingerprint density at radius 3 is 0.912 bits per heavy atom. The van der Waals surface area contributed by atoms with Crippen molar-refractivity contribution in [3.05, 3.63) is 11.1 Å². The molecule has 2 heterocycles. The smallest absolute Gasteiger partial charge is 0.131 e. The third kappa shape index (κ3) is 3.81. The normalized spacial score (nSPS) is 14.0. The number of aryl methyl sites for hydroxylation is 2. The topological polar surface area (TPSA) is 25.8 Å². The van der Waals surface area contributed by atoms with E-state index < -0.39 is 16.1 Å². The minimum absolute atomic E-state index is 0.671. The van der Waals surface area contributed by atoms with Crippen LogP contribution in [0.2, 0.25) is 33.2 Å². The molecule has 0 atom stereocenters. The number of rotatable bonds is 8. The molecule has 3 aromatic rings. The summed E-state index contributed by atoms with van der Waals surface area (Å²) < 4.78 is 5.75. The maximum atomic E-state index is 5.51. The molecule has 0 spiro atoms. The molecule has 34 heavy (non-hydrogen) atoms. The van der Waals surface area contributed by atoms with Crippen molar-refractivity contribution in [1.29, 1.82) is 0 Å². The average molecular weight is 533 g/mol. The summed E-state index contributed by atoms with van der Waals surface area (Å²) in [5, 5.41) is 0. The Hall–Kier alpha value is -0.566. The lowest BCUT2D eigenvalue weighted by molar-refractivity contribution is 0.834. The highest BCUT2D eigenvalue weighted by Gasteiger charge is 2.49. The molecule has 0 radical (unpaired) electrons. The molecule has 1 aromatic carbocycles. The molecule has 0 aliphatic carbocycles. The van der Waals surface area contributed by atoms with Gasteiger partial charge in [-0.15, -0.1) is 22.7 Å². The zero-order chi connectivity index (χ0) is 25.9. The van der Waals surface area contributed by atoms with Crippen molar-refractivity contribution in [2.24, 2.45) is 0 Å². The van der Waals surface area contributed by atoms with E-state index in [9.17, 15) is 0 Å². The predicted molar refractivity (Wildman–Crippen MR) is 164 cm³/mol. The van der Waals surface area contributed by atoms with Gasteiger partial charge in [0.1, 0.15) is 16.1 Å². The number of benzene rings is 1. The van der Waals surface area contributed by atoms with Crippen LogP contribution in [0.4, 0.5) is 0 Å². The van der Waals surface area contributed by atoms with Crippen molar-refractivity contribution < 1.29 is 0 Å². The van der Waals surface area contributed by atoms with Crippen molar-refractivity contribution in [3.63, 3.8) is 0 Å². The molecule has 2 aromatic heterocycles. The molecule has 190 valence electrons. The third-order valence-electron chi connectivity index (χ3n) is 9.21. The van der Waals surface area contributed by atoms with Gasteiger partial charge in [-0.3, -0.25) is 0 Å². The van der Waals surface area contributed by atoms with Crippen LogP contribution in [0, 0.1) is 13.8 Å². The highest BCUT2D eigenvalue weighted by atomic mass is 32.1. The Morgan fingerprint density at radius 2 is 0.706 bits per heavy atom. The van der Waals surface area contributed by atoms with E-state index in [4.69, 9.17) is 9.97 Å². The van der Waals surface area contributed by atoms with Crippen molar-refractivity contribution in [2.45, 2.75) is 130 Å². The summed E-state index contributed by atoms with van der Waals surface area (Å²) in [5.41, 5.74) is 9.22. The second-order valence-corrected chi connectivity index (χ2v) is 26.8. The molecule has 0 N–H and O–H groups in total. The van der Waals surface area contributed by atoms with Gasteiger partial charge < -0.3 is 0 Å². The van der Waals surface area contributed by atoms with E-state index in [0.717, 1.165) is 0 Å². The van der Waals surface area contributed by atoms with Gasteiger partial charge in [0.05, 0.1) is 29.7 Å². The van der Waals surface area contributed by atoms with Crippen LogP contribution in [0.5, 0.6) is 0 Å². The predicted octanol–water partition coefficient (Wildman–Crippen LogP) is 9.29. The highest BCUT2D eigenvalue weighted by molar-refractivity contribution is 7.37. The van der Waals surface area contributed by atoms with E-state index in [0.29, 0.717) is 33.2 Å². The lowest BCUT2D eigenvalue weighted by Gasteiger charge is -2.41. The lowest BCUT2D eigenvalue weighted by Crippen LogP contribution is -2.55. The number of fused-ring (bicyclic) bond motifs is 3. The first kappa shape index (κ1) is 28.0. The van der Waals surface area contributed by atoms with Gasteiger partial charge in [0, 0.05) is 0 Å². The number of hydrogen-bond donors (Lipinski definition) is 0. The zero-order valence-corrected chi connectivity index (χ0v) is 27.8. The van der Waals surface area contributed by atoms with Gasteiger partial charge in [0.15, 0.2) is 0 Å². The van der Waals surface area contributed by atoms with Crippen molar-refractivity contribution >= 4 is 68.5 Å². The monoisotopic (exact) mass is 532 g/mol. The van der Waals surface area contributed by atoms with Gasteiger partial charge in [-0.05, 0) is 58.2 Å². The van der Waals surface area contributed by atoms with Crippen LogP contribution in [-0.2, 0) is 0 Å². The second kappa shape index (κ2) is 9.72. The summed E-state index contributed by atoms with van der Waals surface area (Å²) in [6.07, 6.45) is 0. The molecule has 6 heteroatoms. The maximum Gasteiger partial charge on any atom is 0.131 e. The molecule has 0 saturated heterocycles. The molecule has 0 bridgehead atoms. The second-order valence-electron chi connectivity index (χ2n) is 12.4. The van der Waals surface area contributed by atoms with Crippen LogP contribution in [0.1, 0.15) is 94.2 Å². The van der Waals surface area contributed by atoms with Gasteiger partial charge in [-0.1, -0.05) is 83.1 Å². The summed E-state index contributed by atoms with van der Waals surface area (Å²) in [4.78, 5) is 11.0. The first-order valence-electron chi connectivity index (χ1n) is 13.4. The molecule has 0 unspecified atom stereocenters. The fourth-order valence-electron chi connectivity index (χ4n) is 7.66. The van der Waals surface area contributed by atoms with Gasteiger partial charge in [-0.2, -0.15) is 0 Å². The Kier molecular flexibility index (Phi) is 8.00. The number of aromatic nitrogens is 2. The minimum atomic E-state index is -1.80. The summed E-state index contributed by atoms with van der Waals surface area (Å²) in [6.45, 7) is 33.9. The van der Waals surface area contributed by atoms with Crippen molar-refractivity contribution in [3.8, 4) is 0 Å². The molecule has 0 saturated carbocycles. The highest BCUT2D eigenvalue weighted by Crippen LogP contribution is 2.46. The zero-order valence-electron chi connectivity index (χ0n) is 24.2. The van der Waals surface area contributed by atoms with Crippen LogP contribution >= 0.6 is 22.7 Å². The van der Waals surface area contributed by atoms with Crippen LogP contribution < -0.4 is 9.26 Å². The quantitative estimate of drug-likeness (QED) is 0.270. The summed E-state index contributed by atoms with van der Waals surface area (Å²) in [5.74, 6) is 0. The van der Waals surface area contributed by atoms with Crippen molar-refractivity contribution in [2.75, 3.05) is 0 Å². The SMILES string of the molecule is Cc1c(C)c2nc([Si](C(C)C)(C(C)C)C(C)C)sc2c2sc([Si](C(C)C)(C(C)C)C(C)C)nc12. The van der Waals surface area contributed by atoms with E-state index in [2.05, 4.69) is 96.9 Å². The van der Waals surface area contributed by atoms with Crippen LogP contribution in [-0.4, -0.2) is 26.1 Å². The lowest BCUT2D eigenvalue weighted by atomic mass is 10.1. The number of nitrogens with zero attached hydrogens (tertiary/aromatic N) is 2. The molecular formula is C28H48N2S2Si2. The van der Waals surface area contributed by atoms with Gasteiger partial charge >= 0.3 is 0 Å². The maximum absolute atomic E-state index is 5.51. The van der Waals surface area contributed by atoms with E-state index in [1.54, 1.807) is 0 Å². The molecule has 0 amide bonds. The standard InChI is InChI=1S/C28H48N2S2Si2/c1-15(2)33(16(3)4,17(5)6)27-29-23-21(13)22(14)24-26(25(23)31-27)32-28(30-24)34(18(7)8,19(9)10)20(11)12/h15-20H,1-14H3. The summed E-state index contributed by atoms with van der Waals surface area (Å²) in [6, 6.07) is 0. The fraction of sp³-hybridized carbons (Fsp3) is 0.714. The molecule has 0 fully saturated rings. The fourth-order valence-corrected chi connectivity index (χ4v) is 27.4. The van der Waals surface area contributed by atoms with Crippen LogP contribution in [0.25, 0.3) is 20.4 Å². The number of thiazole rings is 2. The van der Waals surface area contributed by atoms with Gasteiger partial charge in [0.25, 0.3) is 0 Å². The van der Waals surface area contributed by atoms with E-state index in [1.165, 1.54) is 40.8 Å². The van der Waals surface area contributed by atoms with E-state index in [1.807, 2.05) is 22.7 Å².